The fourth-order valence-corrected chi connectivity index (χ4v) is 1.73. The van der Waals surface area contributed by atoms with Crippen LogP contribution in [0.5, 0.6) is 0 Å². The molecule has 0 heterocycles. The van der Waals surface area contributed by atoms with Gasteiger partial charge in [0.2, 0.25) is 0 Å². The van der Waals surface area contributed by atoms with Gasteiger partial charge in [-0.15, -0.1) is 0 Å². The second-order valence-electron chi connectivity index (χ2n) is 5.42. The first-order chi connectivity index (χ1) is 7.39. The third kappa shape index (κ3) is 8.72. The van der Waals surface area contributed by atoms with Crippen LogP contribution in [0.2, 0.25) is 0 Å². The molecular weight excluding hydrogens is 202 g/mol. The molecule has 0 rings (SSSR count). The number of carbonyl (C=O) groups is 1. The Labute approximate surface area is 99.9 Å². The topological polar surface area (TPSA) is 38.3 Å². The van der Waals surface area contributed by atoms with E-state index >= 15 is 0 Å². The Balaban J connectivity index is 4.14. The largest absolute Gasteiger partial charge is 0.466 e. The van der Waals surface area contributed by atoms with E-state index in [4.69, 9.17) is 4.74 Å². The molecule has 96 valence electrons. The predicted molar refractivity (Wildman–Crippen MR) is 67.4 cm³/mol. The molecule has 0 saturated carbocycles. The molecule has 0 amide bonds. The molecule has 0 bridgehead atoms. The van der Waals surface area contributed by atoms with Crippen molar-refractivity contribution in [1.82, 2.24) is 5.32 Å². The zero-order valence-electron chi connectivity index (χ0n) is 11.4. The molecule has 0 radical (unpaired) electrons. The number of hydrogen-bond donors (Lipinski definition) is 1. The molecule has 0 aromatic rings. The molecule has 1 unspecified atom stereocenters. The average Bonchev–Trinajstić information content (AvgIpc) is 2.12. The smallest absolute Gasteiger partial charge is 0.307 e. The maximum absolute atomic E-state index is 11.4. The Kier molecular flexibility index (Phi) is 7.39. The second-order valence-corrected chi connectivity index (χ2v) is 5.42. The number of nitrogens with one attached hydrogen (secondary N) is 1. The van der Waals surface area contributed by atoms with Gasteiger partial charge in [0.05, 0.1) is 13.0 Å². The Morgan fingerprint density at radius 3 is 2.38 bits per heavy atom. The van der Waals surface area contributed by atoms with Crippen molar-refractivity contribution in [2.45, 2.75) is 59.9 Å². The Morgan fingerprint density at radius 2 is 1.94 bits per heavy atom. The van der Waals surface area contributed by atoms with Crippen LogP contribution >= 0.6 is 0 Å². The van der Waals surface area contributed by atoms with E-state index in [2.05, 4.69) is 33.0 Å². The fourth-order valence-electron chi connectivity index (χ4n) is 1.73. The van der Waals surface area contributed by atoms with Crippen molar-refractivity contribution < 1.29 is 9.53 Å². The maximum Gasteiger partial charge on any atom is 0.307 e. The van der Waals surface area contributed by atoms with Crippen LogP contribution in [0.15, 0.2) is 0 Å². The third-order valence-corrected chi connectivity index (χ3v) is 2.26. The summed E-state index contributed by atoms with van der Waals surface area (Å²) in [6, 6.07) is 0.235. The first-order valence-corrected chi connectivity index (χ1v) is 6.28. The molecule has 0 fully saturated rings. The van der Waals surface area contributed by atoms with E-state index in [1.54, 1.807) is 0 Å². The van der Waals surface area contributed by atoms with E-state index in [1.165, 1.54) is 0 Å². The van der Waals surface area contributed by atoms with Crippen LogP contribution in [0.1, 0.15) is 53.9 Å². The van der Waals surface area contributed by atoms with Gasteiger partial charge in [-0.3, -0.25) is 4.79 Å². The van der Waals surface area contributed by atoms with Crippen molar-refractivity contribution in [3.63, 3.8) is 0 Å². The molecule has 0 saturated heterocycles. The van der Waals surface area contributed by atoms with Crippen LogP contribution in [0.4, 0.5) is 0 Å². The quantitative estimate of drug-likeness (QED) is 0.682. The Hall–Kier alpha value is -0.570. The van der Waals surface area contributed by atoms with Gasteiger partial charge >= 0.3 is 5.97 Å². The number of ether oxygens (including phenoxy) is 1. The van der Waals surface area contributed by atoms with E-state index in [1.807, 2.05) is 6.92 Å². The highest BCUT2D eigenvalue weighted by Gasteiger charge is 2.21. The predicted octanol–water partition coefficient (Wildman–Crippen LogP) is 2.74. The summed E-state index contributed by atoms with van der Waals surface area (Å²) in [5.41, 5.74) is 0.234. The Morgan fingerprint density at radius 1 is 1.31 bits per heavy atom. The van der Waals surface area contributed by atoms with Gasteiger partial charge in [0.25, 0.3) is 0 Å². The summed E-state index contributed by atoms with van der Waals surface area (Å²) in [5, 5.41) is 3.41. The highest BCUT2D eigenvalue weighted by Crippen LogP contribution is 2.22. The van der Waals surface area contributed by atoms with Crippen LogP contribution in [0.3, 0.4) is 0 Å². The minimum atomic E-state index is -0.0969. The molecular formula is C13H27NO2. The van der Waals surface area contributed by atoms with E-state index < -0.39 is 0 Å². The van der Waals surface area contributed by atoms with Crippen molar-refractivity contribution in [1.29, 1.82) is 0 Å². The number of carbonyl (C=O) groups excluding carboxylic acids is 1. The lowest BCUT2D eigenvalue weighted by molar-refractivity contribution is -0.143. The number of esters is 1. The Bertz CT molecular complexity index is 197. The van der Waals surface area contributed by atoms with Crippen LogP contribution in [-0.4, -0.2) is 25.2 Å². The molecule has 3 heteroatoms. The second kappa shape index (κ2) is 7.66. The monoisotopic (exact) mass is 229 g/mol. The maximum atomic E-state index is 11.4. The van der Waals surface area contributed by atoms with Crippen LogP contribution < -0.4 is 5.32 Å². The number of hydrogen-bond acceptors (Lipinski definition) is 3. The summed E-state index contributed by atoms with van der Waals surface area (Å²) in [6.07, 6.45) is 2.56. The first-order valence-electron chi connectivity index (χ1n) is 6.28. The molecule has 1 N–H and O–H groups in total. The first kappa shape index (κ1) is 15.4. The minimum absolute atomic E-state index is 0.0969. The normalized spacial score (nSPS) is 13.6. The molecule has 0 aromatic carbocycles. The summed E-state index contributed by atoms with van der Waals surface area (Å²) in [5.74, 6) is -0.0969. The summed E-state index contributed by atoms with van der Waals surface area (Å²) in [7, 11) is 0. The van der Waals surface area contributed by atoms with Crippen molar-refractivity contribution in [2.75, 3.05) is 13.2 Å². The molecule has 3 nitrogen and oxygen atoms in total. The standard InChI is InChI=1S/C13H27NO2/c1-6-8-14-11(10-13(3,4)5)9-12(15)16-7-2/h11,14H,6-10H2,1-5H3. The molecule has 0 aliphatic rings. The van der Waals surface area contributed by atoms with E-state index in [-0.39, 0.29) is 17.4 Å². The summed E-state index contributed by atoms with van der Waals surface area (Å²) in [4.78, 5) is 11.4. The molecule has 1 atom stereocenters. The van der Waals surface area contributed by atoms with Gasteiger partial charge in [0.1, 0.15) is 0 Å². The van der Waals surface area contributed by atoms with Gasteiger partial charge in [-0.05, 0) is 31.7 Å². The minimum Gasteiger partial charge on any atom is -0.466 e. The lowest BCUT2D eigenvalue weighted by Crippen LogP contribution is -2.35. The zero-order valence-corrected chi connectivity index (χ0v) is 11.4. The van der Waals surface area contributed by atoms with Crippen molar-refractivity contribution in [2.24, 2.45) is 5.41 Å². The fraction of sp³-hybridized carbons (Fsp3) is 0.923. The van der Waals surface area contributed by atoms with Crippen molar-refractivity contribution >= 4 is 5.97 Å². The average molecular weight is 229 g/mol. The van der Waals surface area contributed by atoms with Gasteiger partial charge in [0.15, 0.2) is 0 Å². The van der Waals surface area contributed by atoms with Gasteiger partial charge in [-0.25, -0.2) is 0 Å². The van der Waals surface area contributed by atoms with E-state index in [9.17, 15) is 4.79 Å². The van der Waals surface area contributed by atoms with Crippen molar-refractivity contribution in [3.8, 4) is 0 Å². The SMILES string of the molecule is CCCNC(CC(=O)OCC)CC(C)(C)C. The zero-order chi connectivity index (χ0) is 12.6. The van der Waals surface area contributed by atoms with E-state index in [0.29, 0.717) is 13.0 Å². The van der Waals surface area contributed by atoms with E-state index in [0.717, 1.165) is 19.4 Å². The van der Waals surface area contributed by atoms with Gasteiger partial charge in [-0.2, -0.15) is 0 Å². The molecule has 16 heavy (non-hydrogen) atoms. The number of rotatable bonds is 7. The third-order valence-electron chi connectivity index (χ3n) is 2.26. The highest BCUT2D eigenvalue weighted by atomic mass is 16.5. The van der Waals surface area contributed by atoms with Crippen LogP contribution in [-0.2, 0) is 9.53 Å². The van der Waals surface area contributed by atoms with Gasteiger partial charge < -0.3 is 10.1 Å². The van der Waals surface area contributed by atoms with Crippen molar-refractivity contribution in [3.05, 3.63) is 0 Å². The lowest BCUT2D eigenvalue weighted by atomic mass is 9.87. The molecule has 0 aliphatic heterocycles. The molecule has 0 spiro atoms. The van der Waals surface area contributed by atoms with Crippen LogP contribution in [0, 0.1) is 5.41 Å². The lowest BCUT2D eigenvalue weighted by Gasteiger charge is -2.26. The van der Waals surface area contributed by atoms with Gasteiger partial charge in [0, 0.05) is 6.04 Å². The van der Waals surface area contributed by atoms with Gasteiger partial charge in [-0.1, -0.05) is 27.7 Å². The summed E-state index contributed by atoms with van der Waals surface area (Å²) < 4.78 is 4.99. The highest BCUT2D eigenvalue weighted by molar-refractivity contribution is 5.70. The summed E-state index contributed by atoms with van der Waals surface area (Å²) in [6.45, 7) is 12.0. The molecule has 0 aliphatic carbocycles. The molecule has 0 aromatic heterocycles. The summed E-state index contributed by atoms with van der Waals surface area (Å²) >= 11 is 0. The van der Waals surface area contributed by atoms with Crippen LogP contribution in [0.25, 0.3) is 0 Å².